The number of halogens is 1. The van der Waals surface area contributed by atoms with Gasteiger partial charge in [-0.25, -0.2) is 9.36 Å². The number of aromatic nitrogens is 4. The van der Waals surface area contributed by atoms with Gasteiger partial charge in [0, 0.05) is 11.8 Å². The van der Waals surface area contributed by atoms with Crippen LogP contribution < -0.4 is 20.5 Å². The monoisotopic (exact) mass is 840 g/mol. The van der Waals surface area contributed by atoms with Crippen LogP contribution in [0.1, 0.15) is 15.9 Å². The highest BCUT2D eigenvalue weighted by molar-refractivity contribution is 8.19. The predicted molar refractivity (Wildman–Crippen MR) is 189 cm³/mol. The summed E-state index contributed by atoms with van der Waals surface area (Å²) < 4.78 is 114. The number of carboxylic acid groups (broad SMARTS) is 1. The molecule has 5 rings (SSSR count). The third kappa shape index (κ3) is 9.04. The lowest BCUT2D eigenvalue weighted by molar-refractivity contribution is -0.603. The summed E-state index contributed by atoms with van der Waals surface area (Å²) in [5, 5.41) is 39.5. The molecule has 3 aromatic carbocycles. The minimum absolute atomic E-state index is 0.105. The molecular formula is C28H23FN9O15S3+. The van der Waals surface area contributed by atoms with Crippen molar-refractivity contribution in [2.45, 2.75) is 21.6 Å². The maximum absolute atomic E-state index is 14.4. The zero-order chi connectivity index (χ0) is 41.5. The number of hydrogen-bond donors (Lipinski definition) is 9. The first-order valence-electron chi connectivity index (χ1n) is 14.6. The van der Waals surface area contributed by atoms with Gasteiger partial charge in [0.05, 0.1) is 50.1 Å². The van der Waals surface area contributed by atoms with E-state index in [1.54, 1.807) is 0 Å². The normalized spacial score (nSPS) is 12.1. The lowest BCUT2D eigenvalue weighted by atomic mass is 10.2. The summed E-state index contributed by atoms with van der Waals surface area (Å²) in [6, 6.07) is 7.53. The fourth-order valence-electron chi connectivity index (χ4n) is 4.85. The van der Waals surface area contributed by atoms with Crippen molar-refractivity contribution in [1.29, 1.82) is 0 Å². The van der Waals surface area contributed by atoms with Gasteiger partial charge < -0.3 is 34.7 Å². The molecule has 0 fully saturated rings. The highest BCUT2D eigenvalue weighted by Crippen LogP contribution is 2.47. The summed E-state index contributed by atoms with van der Waals surface area (Å²) in [6.07, 6.45) is 2.32. The number of carboxylic acids is 1. The molecule has 2 heterocycles. The number of nitro groups is 2. The molecule has 0 amide bonds. The van der Waals surface area contributed by atoms with Gasteiger partial charge in [0.1, 0.15) is 26.3 Å². The maximum Gasteiger partial charge on any atom is 0.444 e. The van der Waals surface area contributed by atoms with E-state index in [9.17, 15) is 74.1 Å². The number of rotatable bonds is 13. The fraction of sp³-hybridized carbons (Fsp3) is 0.0357. The number of benzene rings is 3. The average Bonchev–Trinajstić information content (AvgIpc) is 3.07. The first kappa shape index (κ1) is 40.7. The molecule has 0 bridgehead atoms. The van der Waals surface area contributed by atoms with Crippen molar-refractivity contribution >= 4 is 83.1 Å². The Balaban J connectivity index is 1.64. The van der Waals surface area contributed by atoms with E-state index in [1.165, 1.54) is 25.3 Å². The smallest absolute Gasteiger partial charge is 0.444 e. The number of carbonyl (C=O) groups is 1. The molecule has 0 saturated carbocycles. The summed E-state index contributed by atoms with van der Waals surface area (Å²) in [5.41, 5.74) is -4.54. The molecule has 56 heavy (non-hydrogen) atoms. The molecule has 0 aliphatic heterocycles. The zero-order valence-corrected chi connectivity index (χ0v) is 29.9. The van der Waals surface area contributed by atoms with E-state index in [1.807, 2.05) is 0 Å². The summed E-state index contributed by atoms with van der Waals surface area (Å²) in [6.45, 7) is 1.24. The van der Waals surface area contributed by atoms with Gasteiger partial charge in [-0.1, -0.05) is 0 Å². The van der Waals surface area contributed by atoms with Crippen LogP contribution in [0, 0.1) is 33.0 Å². The van der Waals surface area contributed by atoms with Crippen LogP contribution in [0.15, 0.2) is 81.7 Å². The predicted octanol–water partition coefficient (Wildman–Crippen LogP) is 4.42. The van der Waals surface area contributed by atoms with Crippen LogP contribution in [-0.4, -0.2) is 75.5 Å². The largest absolute Gasteiger partial charge is 0.478 e. The quantitative estimate of drug-likeness (QED) is 0.0343. The van der Waals surface area contributed by atoms with Crippen LogP contribution in [0.5, 0.6) is 0 Å². The van der Waals surface area contributed by atoms with Crippen LogP contribution >= 0.6 is 10.9 Å². The molecule has 24 nitrogen and oxygen atoms in total. The van der Waals surface area contributed by atoms with Gasteiger partial charge in [-0.05, 0) is 64.9 Å². The SMILES string of the molecule is Cc1cc(Nc2nc(Nc3ccc(Nc4cc(F)c([N+](=O)[O-])cc4[N+](=O)[O-])cc3S(=O)(=O)O)nc(-[n+]3cccc(C(=O)O)c3)n2)c(S(=O)(=O)O)cc1S(O)(O)O. The molecule has 0 aliphatic rings. The Morgan fingerprint density at radius 1 is 0.750 bits per heavy atom. The molecule has 9 N–H and O–H groups in total. The van der Waals surface area contributed by atoms with Gasteiger partial charge in [0.25, 0.3) is 25.9 Å². The summed E-state index contributed by atoms with van der Waals surface area (Å²) >= 11 is 0. The fourth-order valence-corrected chi connectivity index (χ4v) is 7.02. The van der Waals surface area contributed by atoms with Crippen molar-refractivity contribution in [2.24, 2.45) is 0 Å². The molecule has 0 radical (unpaired) electrons. The summed E-state index contributed by atoms with van der Waals surface area (Å²) in [7, 11) is -14.9. The molecule has 5 aromatic rings. The van der Waals surface area contributed by atoms with Crippen molar-refractivity contribution in [2.75, 3.05) is 16.0 Å². The topological polar surface area (TPSA) is 372 Å². The Bertz CT molecular complexity index is 2700. The maximum atomic E-state index is 14.4. The van der Waals surface area contributed by atoms with Crippen LogP contribution in [0.2, 0.25) is 0 Å². The van der Waals surface area contributed by atoms with Crippen molar-refractivity contribution < 1.29 is 68.3 Å². The van der Waals surface area contributed by atoms with Crippen molar-refractivity contribution in [1.82, 2.24) is 15.0 Å². The second-order valence-electron chi connectivity index (χ2n) is 11.1. The van der Waals surface area contributed by atoms with E-state index in [-0.39, 0.29) is 16.8 Å². The lowest BCUT2D eigenvalue weighted by Crippen LogP contribution is -2.34. The second-order valence-corrected chi connectivity index (χ2v) is 15.3. The molecule has 0 spiro atoms. The van der Waals surface area contributed by atoms with Crippen LogP contribution in [0.25, 0.3) is 5.95 Å². The number of nitrogens with one attached hydrogen (secondary N) is 3. The van der Waals surface area contributed by atoms with Gasteiger partial charge in [-0.2, -0.15) is 21.2 Å². The van der Waals surface area contributed by atoms with Gasteiger partial charge in [0.15, 0.2) is 0 Å². The van der Waals surface area contributed by atoms with E-state index in [4.69, 9.17) is 0 Å². The minimum Gasteiger partial charge on any atom is -0.478 e. The van der Waals surface area contributed by atoms with E-state index in [2.05, 4.69) is 30.9 Å². The number of nitro benzene ring substituents is 2. The van der Waals surface area contributed by atoms with Crippen molar-refractivity contribution in [3.63, 3.8) is 0 Å². The zero-order valence-electron chi connectivity index (χ0n) is 27.5. The molecule has 2 aromatic heterocycles. The Kier molecular flexibility index (Phi) is 10.9. The van der Waals surface area contributed by atoms with Gasteiger partial charge in [-0.3, -0.25) is 29.3 Å². The third-order valence-electron chi connectivity index (χ3n) is 7.24. The number of aromatic carboxylic acids is 1. The number of nitrogens with zero attached hydrogens (tertiary/aromatic N) is 6. The molecule has 0 saturated heterocycles. The molecule has 0 unspecified atom stereocenters. The highest BCUT2D eigenvalue weighted by Gasteiger charge is 2.29. The summed E-state index contributed by atoms with van der Waals surface area (Å²) in [5.74, 6) is -4.44. The highest BCUT2D eigenvalue weighted by atomic mass is 32.3. The third-order valence-corrected chi connectivity index (χ3v) is 10.1. The van der Waals surface area contributed by atoms with E-state index in [0.29, 0.717) is 18.2 Å². The minimum atomic E-state index is -5.21. The Hall–Kier alpha value is -6.53. The molecule has 0 atom stereocenters. The van der Waals surface area contributed by atoms with Crippen LogP contribution in [-0.2, 0) is 20.2 Å². The van der Waals surface area contributed by atoms with E-state index in [0.717, 1.165) is 35.0 Å². The number of hydrogen-bond acceptors (Lipinski definition) is 18. The lowest BCUT2D eigenvalue weighted by Gasteiger charge is -2.23. The van der Waals surface area contributed by atoms with Crippen LogP contribution in [0.4, 0.5) is 50.4 Å². The van der Waals surface area contributed by atoms with E-state index >= 15 is 0 Å². The Morgan fingerprint density at radius 3 is 1.89 bits per heavy atom. The molecule has 0 aliphatic carbocycles. The van der Waals surface area contributed by atoms with Crippen molar-refractivity contribution in [3.05, 3.63) is 104 Å². The van der Waals surface area contributed by atoms with Gasteiger partial charge in [-0.15, -0.1) is 4.98 Å². The second kappa shape index (κ2) is 15.0. The van der Waals surface area contributed by atoms with Crippen LogP contribution in [0.3, 0.4) is 0 Å². The van der Waals surface area contributed by atoms with E-state index < -0.39 is 114 Å². The number of anilines is 6. The summed E-state index contributed by atoms with van der Waals surface area (Å²) in [4.78, 5) is 41.7. The molecular weight excluding hydrogens is 818 g/mol. The Morgan fingerprint density at radius 2 is 1.34 bits per heavy atom. The number of pyridine rings is 1. The standard InChI is InChI=1S/C28H22FN9O15S3/c1-13-7-19(24(56(51,52)53)11-22(13)54(45,46)47)32-27-33-26(34-28(35-27)36-6-2-3-14(12-36)25(39)40)31-17-5-4-15(8-23(17)55(48,49)50)30-18-9-16(29)20(37(41)42)10-21(18)38(43)44/h2-12,30H,1H3,(H7-,31,32,33,34,35,39,40,45,46,47,48,49,50,51,52,53)/p+1. The van der Waals surface area contributed by atoms with Gasteiger partial charge in [0.2, 0.25) is 5.82 Å². The first-order chi connectivity index (χ1) is 25.9. The van der Waals surface area contributed by atoms with Crippen molar-refractivity contribution in [3.8, 4) is 5.95 Å². The Labute approximate surface area is 313 Å². The molecule has 28 heteroatoms. The van der Waals surface area contributed by atoms with Gasteiger partial charge >= 0.3 is 29.5 Å². The average molecular weight is 841 g/mol. The first-order valence-corrected chi connectivity index (χ1v) is 19.0. The molecule has 294 valence electrons. The number of aryl methyl sites for hydroxylation is 1.